The third-order valence-corrected chi connectivity index (χ3v) is 5.66. The lowest BCUT2D eigenvalue weighted by atomic mass is 10.2. The number of rotatable bonds is 3. The van der Waals surface area contributed by atoms with Crippen molar-refractivity contribution in [2.24, 2.45) is 0 Å². The normalized spacial score (nSPS) is 14.1. The molecule has 0 N–H and O–H groups in total. The largest absolute Gasteiger partial charge is 0.333 e. The number of thiophene rings is 2. The molecule has 112 valence electrons. The quantitative estimate of drug-likeness (QED) is 0.740. The van der Waals surface area contributed by atoms with Crippen LogP contribution < -0.4 is 0 Å². The van der Waals surface area contributed by atoms with E-state index in [-0.39, 0.29) is 5.91 Å². The molecule has 4 rings (SSSR count). The fraction of sp³-hybridized carbons (Fsp3) is 0.250. The van der Waals surface area contributed by atoms with E-state index in [2.05, 4.69) is 27.1 Å². The van der Waals surface area contributed by atoms with Crippen molar-refractivity contribution in [3.63, 3.8) is 0 Å². The van der Waals surface area contributed by atoms with Crippen molar-refractivity contribution in [1.29, 1.82) is 0 Å². The fourth-order valence-electron chi connectivity index (χ4n) is 2.77. The molecule has 22 heavy (non-hydrogen) atoms. The third-order valence-electron chi connectivity index (χ3n) is 3.90. The van der Waals surface area contributed by atoms with Gasteiger partial charge >= 0.3 is 0 Å². The van der Waals surface area contributed by atoms with Gasteiger partial charge < -0.3 is 9.47 Å². The van der Waals surface area contributed by atoms with Crippen LogP contribution in [0.2, 0.25) is 0 Å². The lowest BCUT2D eigenvalue weighted by molar-refractivity contribution is -0.131. The number of fused-ring (bicyclic) bond motifs is 1. The van der Waals surface area contributed by atoms with Gasteiger partial charge in [0.2, 0.25) is 5.91 Å². The fourth-order valence-corrected chi connectivity index (χ4v) is 4.21. The summed E-state index contributed by atoms with van der Waals surface area (Å²) >= 11 is 3.36. The summed E-state index contributed by atoms with van der Waals surface area (Å²) in [5, 5.41) is 4.09. The van der Waals surface area contributed by atoms with Crippen molar-refractivity contribution in [2.75, 3.05) is 6.54 Å². The third kappa shape index (κ3) is 2.48. The second-order valence-electron chi connectivity index (χ2n) is 5.26. The van der Waals surface area contributed by atoms with Crippen LogP contribution in [0.1, 0.15) is 10.7 Å². The Labute approximate surface area is 136 Å². The first-order chi connectivity index (χ1) is 10.8. The van der Waals surface area contributed by atoms with Gasteiger partial charge in [-0.05, 0) is 22.9 Å². The van der Waals surface area contributed by atoms with E-state index in [1.807, 2.05) is 28.6 Å². The van der Waals surface area contributed by atoms with Gasteiger partial charge in [-0.3, -0.25) is 4.79 Å². The molecule has 0 spiro atoms. The molecule has 4 heterocycles. The summed E-state index contributed by atoms with van der Waals surface area (Å²) in [5.41, 5.74) is 1.16. The molecule has 6 heteroatoms. The first-order valence-electron chi connectivity index (χ1n) is 7.20. The summed E-state index contributed by atoms with van der Waals surface area (Å²) in [6.45, 7) is 2.18. The Morgan fingerprint density at radius 3 is 2.82 bits per heavy atom. The van der Waals surface area contributed by atoms with Gasteiger partial charge in [0.15, 0.2) is 0 Å². The van der Waals surface area contributed by atoms with Gasteiger partial charge in [0.25, 0.3) is 0 Å². The van der Waals surface area contributed by atoms with Crippen molar-refractivity contribution in [3.05, 3.63) is 51.9 Å². The van der Waals surface area contributed by atoms with Crippen LogP contribution in [0.3, 0.4) is 0 Å². The topological polar surface area (TPSA) is 38.1 Å². The summed E-state index contributed by atoms with van der Waals surface area (Å²) < 4.78 is 2.24. The Kier molecular flexibility index (Phi) is 3.56. The molecule has 1 aliphatic heterocycles. The van der Waals surface area contributed by atoms with Crippen molar-refractivity contribution in [1.82, 2.24) is 14.5 Å². The second kappa shape index (κ2) is 5.70. The van der Waals surface area contributed by atoms with Crippen LogP contribution in [0.4, 0.5) is 0 Å². The molecule has 4 nitrogen and oxygen atoms in total. The van der Waals surface area contributed by atoms with Gasteiger partial charge in [-0.25, -0.2) is 4.98 Å². The number of nitrogens with zero attached hydrogens (tertiary/aromatic N) is 3. The van der Waals surface area contributed by atoms with Crippen LogP contribution in [0.5, 0.6) is 0 Å². The summed E-state index contributed by atoms with van der Waals surface area (Å²) in [6.07, 6.45) is 2.42. The van der Waals surface area contributed by atoms with Gasteiger partial charge in [-0.1, -0.05) is 12.1 Å². The summed E-state index contributed by atoms with van der Waals surface area (Å²) in [7, 11) is 0. The zero-order valence-corrected chi connectivity index (χ0v) is 13.6. The van der Waals surface area contributed by atoms with E-state index in [9.17, 15) is 4.79 Å². The van der Waals surface area contributed by atoms with Crippen LogP contribution >= 0.6 is 22.7 Å². The van der Waals surface area contributed by atoms with Crippen molar-refractivity contribution in [2.45, 2.75) is 19.5 Å². The minimum absolute atomic E-state index is 0.189. The highest BCUT2D eigenvalue weighted by molar-refractivity contribution is 7.13. The van der Waals surface area contributed by atoms with E-state index in [0.717, 1.165) is 29.5 Å². The number of aromatic nitrogens is 2. The van der Waals surface area contributed by atoms with Crippen LogP contribution in [-0.4, -0.2) is 26.9 Å². The molecule has 0 saturated heterocycles. The van der Waals surface area contributed by atoms with Gasteiger partial charge in [-0.15, -0.1) is 22.7 Å². The van der Waals surface area contributed by atoms with Gasteiger partial charge in [0.05, 0.1) is 29.7 Å². The first kappa shape index (κ1) is 13.7. The van der Waals surface area contributed by atoms with Crippen molar-refractivity contribution >= 4 is 28.6 Å². The SMILES string of the molecule is O=C(Cc1cccs1)N1CCn2c(-c3cccs3)cnc2C1. The van der Waals surface area contributed by atoms with E-state index < -0.39 is 0 Å². The van der Waals surface area contributed by atoms with E-state index in [0.29, 0.717) is 13.0 Å². The minimum atomic E-state index is 0.189. The van der Waals surface area contributed by atoms with Gasteiger partial charge in [-0.2, -0.15) is 0 Å². The predicted molar refractivity (Wildman–Crippen MR) is 89.0 cm³/mol. The summed E-state index contributed by atoms with van der Waals surface area (Å²) in [5.74, 6) is 1.17. The molecule has 0 saturated carbocycles. The van der Waals surface area contributed by atoms with Crippen LogP contribution in [0.25, 0.3) is 10.6 Å². The van der Waals surface area contributed by atoms with Gasteiger partial charge in [0.1, 0.15) is 5.82 Å². The minimum Gasteiger partial charge on any atom is -0.333 e. The Morgan fingerprint density at radius 2 is 2.05 bits per heavy atom. The molecule has 0 aliphatic carbocycles. The number of hydrogen-bond donors (Lipinski definition) is 0. The molecule has 0 aromatic carbocycles. The molecule has 1 aliphatic rings. The zero-order chi connectivity index (χ0) is 14.9. The smallest absolute Gasteiger partial charge is 0.228 e. The van der Waals surface area contributed by atoms with E-state index in [4.69, 9.17) is 0 Å². The summed E-state index contributed by atoms with van der Waals surface area (Å²) in [4.78, 5) is 21.2. The van der Waals surface area contributed by atoms with Crippen LogP contribution in [0, 0.1) is 0 Å². The Morgan fingerprint density at radius 1 is 1.18 bits per heavy atom. The number of carbonyl (C=O) groups excluding carboxylic acids is 1. The van der Waals surface area contributed by atoms with Crippen LogP contribution in [-0.2, 0) is 24.3 Å². The van der Waals surface area contributed by atoms with Crippen molar-refractivity contribution in [3.8, 4) is 10.6 Å². The molecule has 0 atom stereocenters. The standard InChI is InChI=1S/C16H15N3OS2/c20-16(9-12-3-1-7-21-12)18-5-6-19-13(10-17-15(19)11-18)14-4-2-8-22-14/h1-4,7-8,10H,5-6,9,11H2. The average molecular weight is 329 g/mol. The maximum atomic E-state index is 12.4. The number of carbonyl (C=O) groups is 1. The first-order valence-corrected chi connectivity index (χ1v) is 8.95. The lowest BCUT2D eigenvalue weighted by Crippen LogP contribution is -2.39. The molecule has 0 unspecified atom stereocenters. The number of imidazole rings is 1. The summed E-state index contributed by atoms with van der Waals surface area (Å²) in [6, 6.07) is 8.18. The Balaban J connectivity index is 1.52. The monoisotopic (exact) mass is 329 g/mol. The lowest BCUT2D eigenvalue weighted by Gasteiger charge is -2.28. The zero-order valence-electron chi connectivity index (χ0n) is 11.9. The molecular weight excluding hydrogens is 314 g/mol. The van der Waals surface area contributed by atoms with Crippen LogP contribution in [0.15, 0.2) is 41.2 Å². The molecule has 0 fully saturated rings. The Bertz CT molecular complexity index is 775. The second-order valence-corrected chi connectivity index (χ2v) is 7.24. The van der Waals surface area contributed by atoms with E-state index >= 15 is 0 Å². The number of hydrogen-bond acceptors (Lipinski definition) is 4. The molecule has 3 aromatic rings. The average Bonchev–Trinajstić information content (AvgIpc) is 3.27. The number of amides is 1. The maximum absolute atomic E-state index is 12.4. The molecule has 3 aromatic heterocycles. The maximum Gasteiger partial charge on any atom is 0.228 e. The van der Waals surface area contributed by atoms with Gasteiger partial charge in [0, 0.05) is 18.0 Å². The highest BCUT2D eigenvalue weighted by Gasteiger charge is 2.24. The predicted octanol–water partition coefficient (Wildman–Crippen LogP) is 3.26. The molecule has 0 bridgehead atoms. The van der Waals surface area contributed by atoms with E-state index in [1.54, 1.807) is 22.7 Å². The molecule has 0 radical (unpaired) electrons. The van der Waals surface area contributed by atoms with Crippen molar-refractivity contribution < 1.29 is 4.79 Å². The highest BCUT2D eigenvalue weighted by Crippen LogP contribution is 2.27. The molecular formula is C16H15N3OS2. The van der Waals surface area contributed by atoms with E-state index in [1.165, 1.54) is 4.88 Å². The highest BCUT2D eigenvalue weighted by atomic mass is 32.1. The Hall–Kier alpha value is -1.92. The molecule has 1 amide bonds.